The fourth-order valence-corrected chi connectivity index (χ4v) is 3.01. The summed E-state index contributed by atoms with van der Waals surface area (Å²) in [6, 6.07) is 0. The number of allylic oxidation sites excluding steroid dienone is 9. The van der Waals surface area contributed by atoms with Gasteiger partial charge in [0.1, 0.15) is 0 Å². The van der Waals surface area contributed by atoms with E-state index in [-0.39, 0.29) is 12.0 Å². The third-order valence-electron chi connectivity index (χ3n) is 4.39. The van der Waals surface area contributed by atoms with E-state index in [2.05, 4.69) is 44.6 Å². The summed E-state index contributed by atoms with van der Waals surface area (Å²) in [4.78, 5) is 21.4. The van der Waals surface area contributed by atoms with Crippen molar-refractivity contribution in [1.29, 1.82) is 0 Å². The minimum atomic E-state index is -0.534. The van der Waals surface area contributed by atoms with E-state index < -0.39 is 5.97 Å². The van der Waals surface area contributed by atoms with Gasteiger partial charge in [-0.25, -0.2) is 4.79 Å². The van der Waals surface area contributed by atoms with Crippen molar-refractivity contribution in [3.05, 3.63) is 58.7 Å². The number of carbonyl (C=O) groups is 1. The van der Waals surface area contributed by atoms with Crippen LogP contribution < -0.4 is 0 Å². The van der Waals surface area contributed by atoms with E-state index in [1.165, 1.54) is 42.8 Å². The molecule has 0 amide bonds. The Hall–Kier alpha value is -2.16. The van der Waals surface area contributed by atoms with E-state index in [0.717, 1.165) is 11.1 Å². The third-order valence-corrected chi connectivity index (χ3v) is 4.39. The Morgan fingerprint density at radius 1 is 1.24 bits per heavy atom. The van der Waals surface area contributed by atoms with Crippen LogP contribution >= 0.6 is 0 Å². The van der Waals surface area contributed by atoms with Crippen molar-refractivity contribution in [3.8, 4) is 0 Å². The number of ether oxygens (including phenoxy) is 1. The van der Waals surface area contributed by atoms with E-state index in [1.807, 2.05) is 18.2 Å². The summed E-state index contributed by atoms with van der Waals surface area (Å²) in [6.07, 6.45) is 16.7. The molecule has 1 radical (unpaired) electrons. The molecule has 0 saturated heterocycles. The second-order valence-corrected chi connectivity index (χ2v) is 7.17. The first-order chi connectivity index (χ1) is 11.8. The minimum Gasteiger partial charge on any atom is -0.454 e. The Bertz CT molecular complexity index is 640. The van der Waals surface area contributed by atoms with Crippen molar-refractivity contribution >= 4 is 12.3 Å². The molecule has 0 atom stereocenters. The highest BCUT2D eigenvalue weighted by Crippen LogP contribution is 2.40. The molecule has 0 unspecified atom stereocenters. The SMILES string of the molecule is CC1=C(/C=C/C(C)=C/C=C/C(C)=C/C(=O)OC[C]=O)C(C)(C)CCC1. The number of hydrogen-bond donors (Lipinski definition) is 0. The molecule has 0 aromatic carbocycles. The van der Waals surface area contributed by atoms with Gasteiger partial charge in [0.25, 0.3) is 0 Å². The molecule has 135 valence electrons. The van der Waals surface area contributed by atoms with Crippen molar-refractivity contribution < 1.29 is 14.3 Å². The van der Waals surface area contributed by atoms with Crippen LogP contribution in [0, 0.1) is 5.41 Å². The lowest BCUT2D eigenvalue weighted by atomic mass is 9.72. The molecule has 1 aliphatic rings. The van der Waals surface area contributed by atoms with Crippen LogP contribution in [0.25, 0.3) is 0 Å². The molecule has 0 aromatic heterocycles. The average molecular weight is 341 g/mol. The number of hydrogen-bond acceptors (Lipinski definition) is 3. The Morgan fingerprint density at radius 3 is 2.60 bits per heavy atom. The van der Waals surface area contributed by atoms with Crippen molar-refractivity contribution in [1.82, 2.24) is 0 Å². The van der Waals surface area contributed by atoms with Gasteiger partial charge in [-0.15, -0.1) is 0 Å². The molecule has 3 nitrogen and oxygen atoms in total. The van der Waals surface area contributed by atoms with Gasteiger partial charge in [-0.1, -0.05) is 55.4 Å². The van der Waals surface area contributed by atoms with Crippen LogP contribution in [0.1, 0.15) is 53.9 Å². The molecule has 3 heteroatoms. The second-order valence-electron chi connectivity index (χ2n) is 7.17. The normalized spacial score (nSPS) is 18.9. The summed E-state index contributed by atoms with van der Waals surface area (Å²) >= 11 is 0. The van der Waals surface area contributed by atoms with Crippen LogP contribution in [0.5, 0.6) is 0 Å². The quantitative estimate of drug-likeness (QED) is 0.364. The van der Waals surface area contributed by atoms with Crippen molar-refractivity contribution in [3.63, 3.8) is 0 Å². The maximum Gasteiger partial charge on any atom is 0.331 e. The van der Waals surface area contributed by atoms with Crippen molar-refractivity contribution in [2.24, 2.45) is 5.41 Å². The molecule has 1 rings (SSSR count). The van der Waals surface area contributed by atoms with Gasteiger partial charge in [0.05, 0.1) is 0 Å². The van der Waals surface area contributed by atoms with Gasteiger partial charge in [0.15, 0.2) is 6.61 Å². The average Bonchev–Trinajstić information content (AvgIpc) is 2.51. The summed E-state index contributed by atoms with van der Waals surface area (Å²) in [6.45, 7) is 10.4. The molecule has 1 aliphatic carbocycles. The van der Waals surface area contributed by atoms with Crippen LogP contribution in [-0.4, -0.2) is 18.9 Å². The lowest BCUT2D eigenvalue weighted by molar-refractivity contribution is -0.136. The first kappa shape index (κ1) is 20.9. The zero-order chi connectivity index (χ0) is 18.9. The van der Waals surface area contributed by atoms with Crippen LogP contribution in [0.3, 0.4) is 0 Å². The molecule has 0 saturated carbocycles. The largest absolute Gasteiger partial charge is 0.454 e. The Balaban J connectivity index is 2.71. The van der Waals surface area contributed by atoms with Crippen LogP contribution in [0.4, 0.5) is 0 Å². The van der Waals surface area contributed by atoms with Gasteiger partial charge < -0.3 is 4.74 Å². The molecule has 0 N–H and O–H groups in total. The molecular formula is C22H29O3. The molecule has 0 spiro atoms. The topological polar surface area (TPSA) is 43.4 Å². The van der Waals surface area contributed by atoms with Crippen molar-refractivity contribution in [2.45, 2.75) is 53.9 Å². The molecule has 0 bridgehead atoms. The highest BCUT2D eigenvalue weighted by atomic mass is 16.5. The molecule has 0 heterocycles. The van der Waals surface area contributed by atoms with Crippen LogP contribution in [0.15, 0.2) is 58.7 Å². The molecule has 0 aromatic rings. The number of rotatable bonds is 7. The first-order valence-corrected chi connectivity index (χ1v) is 8.69. The van der Waals surface area contributed by atoms with E-state index in [1.54, 1.807) is 6.92 Å². The first-order valence-electron chi connectivity index (χ1n) is 8.69. The molecule has 0 aliphatic heterocycles. The predicted molar refractivity (Wildman–Crippen MR) is 103 cm³/mol. The highest BCUT2D eigenvalue weighted by molar-refractivity contribution is 5.84. The van der Waals surface area contributed by atoms with Crippen molar-refractivity contribution in [2.75, 3.05) is 6.61 Å². The van der Waals surface area contributed by atoms with E-state index in [4.69, 9.17) is 0 Å². The Labute approximate surface area is 151 Å². The fraction of sp³-hybridized carbons (Fsp3) is 0.455. The maximum atomic E-state index is 11.3. The van der Waals surface area contributed by atoms with Gasteiger partial charge in [-0.05, 0) is 56.6 Å². The molecule has 0 fully saturated rings. The summed E-state index contributed by atoms with van der Waals surface area (Å²) < 4.78 is 4.62. The Kier molecular flexibility index (Phi) is 8.33. The minimum absolute atomic E-state index is 0.244. The Morgan fingerprint density at radius 2 is 1.96 bits per heavy atom. The van der Waals surface area contributed by atoms with E-state index in [9.17, 15) is 9.59 Å². The standard InChI is InChI=1S/C22H29O3/c1-17(8-6-9-18(2)16-21(24)25-15-14-23)11-12-20-19(3)10-7-13-22(20,4)5/h6,8-9,11-12,16H,7,10,13,15H2,1-5H3/b9-6+,12-11+,17-8+,18-16+. The third kappa shape index (κ3) is 7.51. The maximum absolute atomic E-state index is 11.3. The highest BCUT2D eigenvalue weighted by Gasteiger charge is 2.26. The monoisotopic (exact) mass is 341 g/mol. The predicted octanol–water partition coefficient (Wildman–Crippen LogP) is 5.17. The fourth-order valence-electron chi connectivity index (χ4n) is 3.01. The zero-order valence-electron chi connectivity index (χ0n) is 16.0. The van der Waals surface area contributed by atoms with Gasteiger partial charge in [0, 0.05) is 6.08 Å². The summed E-state index contributed by atoms with van der Waals surface area (Å²) in [7, 11) is 0. The molecular weight excluding hydrogens is 312 g/mol. The summed E-state index contributed by atoms with van der Waals surface area (Å²) in [5.74, 6) is -0.534. The number of carbonyl (C=O) groups excluding carboxylic acids is 2. The smallest absolute Gasteiger partial charge is 0.331 e. The van der Waals surface area contributed by atoms with Gasteiger partial charge in [-0.2, -0.15) is 0 Å². The summed E-state index contributed by atoms with van der Waals surface area (Å²) in [5, 5.41) is 0. The van der Waals surface area contributed by atoms with Crippen LogP contribution in [-0.2, 0) is 14.3 Å². The van der Waals surface area contributed by atoms with Gasteiger partial charge in [-0.3, -0.25) is 4.79 Å². The van der Waals surface area contributed by atoms with E-state index in [0.29, 0.717) is 0 Å². The molecule has 25 heavy (non-hydrogen) atoms. The lowest BCUT2D eigenvalue weighted by Gasteiger charge is -2.32. The van der Waals surface area contributed by atoms with Gasteiger partial charge in [0.2, 0.25) is 6.29 Å². The second kappa shape index (κ2) is 9.97. The van der Waals surface area contributed by atoms with E-state index >= 15 is 0 Å². The lowest BCUT2D eigenvalue weighted by Crippen LogP contribution is -2.19. The summed E-state index contributed by atoms with van der Waals surface area (Å²) in [5.41, 5.74) is 5.08. The number of esters is 1. The zero-order valence-corrected chi connectivity index (χ0v) is 16.0. The van der Waals surface area contributed by atoms with Crippen LogP contribution in [0.2, 0.25) is 0 Å². The van der Waals surface area contributed by atoms with Gasteiger partial charge >= 0.3 is 5.97 Å².